The number of amides is 1. The van der Waals surface area contributed by atoms with Gasteiger partial charge in [-0.25, -0.2) is 4.98 Å². The summed E-state index contributed by atoms with van der Waals surface area (Å²) in [5.41, 5.74) is 3.35. The summed E-state index contributed by atoms with van der Waals surface area (Å²) in [6.45, 7) is 9.51. The molecule has 0 bridgehead atoms. The molecular weight excluding hydrogens is 434 g/mol. The van der Waals surface area contributed by atoms with Gasteiger partial charge in [-0.05, 0) is 72.5 Å². The number of methoxy groups -OCH3 is 1. The van der Waals surface area contributed by atoms with E-state index in [1.165, 1.54) is 11.3 Å². The molecular formula is C22H32ClN5O2S. The highest BCUT2D eigenvalue weighted by Crippen LogP contribution is 2.37. The van der Waals surface area contributed by atoms with Gasteiger partial charge < -0.3 is 9.64 Å². The van der Waals surface area contributed by atoms with Gasteiger partial charge in [0.05, 0.1) is 17.5 Å². The maximum Gasteiger partial charge on any atom is 0.278 e. The summed E-state index contributed by atoms with van der Waals surface area (Å²) in [6, 6.07) is 5.91. The maximum absolute atomic E-state index is 13.7. The molecule has 2 aromatic heterocycles. The molecule has 0 N–H and O–H groups in total. The van der Waals surface area contributed by atoms with Crippen LogP contribution in [0.25, 0.3) is 10.2 Å². The quantitative estimate of drug-likeness (QED) is 0.481. The Kier molecular flexibility index (Phi) is 8.45. The summed E-state index contributed by atoms with van der Waals surface area (Å²) in [4.78, 5) is 22.4. The van der Waals surface area contributed by atoms with Crippen LogP contribution in [0, 0.1) is 13.8 Å². The van der Waals surface area contributed by atoms with E-state index in [0.29, 0.717) is 17.4 Å². The lowest BCUT2D eigenvalue weighted by atomic mass is 10.2. The van der Waals surface area contributed by atoms with Gasteiger partial charge in [0.2, 0.25) is 0 Å². The molecule has 0 aliphatic rings. The first-order chi connectivity index (χ1) is 14.2. The first-order valence-electron chi connectivity index (χ1n) is 10.2. The smallest absolute Gasteiger partial charge is 0.278 e. The maximum atomic E-state index is 13.7. The number of carbonyl (C=O) groups is 1. The van der Waals surface area contributed by atoms with Crippen molar-refractivity contribution in [2.24, 2.45) is 0 Å². The van der Waals surface area contributed by atoms with Crippen LogP contribution in [-0.4, -0.2) is 59.9 Å². The third-order valence-electron chi connectivity index (χ3n) is 4.94. The lowest BCUT2D eigenvalue weighted by molar-refractivity contribution is 0.0974. The van der Waals surface area contributed by atoms with Crippen molar-refractivity contribution in [1.29, 1.82) is 0 Å². The van der Waals surface area contributed by atoms with E-state index >= 15 is 0 Å². The normalized spacial score (nSPS) is 11.3. The van der Waals surface area contributed by atoms with Crippen LogP contribution in [0.15, 0.2) is 18.2 Å². The lowest BCUT2D eigenvalue weighted by Gasteiger charge is -2.22. The van der Waals surface area contributed by atoms with Crippen LogP contribution in [-0.2, 0) is 0 Å². The second-order valence-electron chi connectivity index (χ2n) is 8.08. The Morgan fingerprint density at radius 3 is 2.55 bits per heavy atom. The fourth-order valence-corrected chi connectivity index (χ4v) is 4.49. The Bertz CT molecular complexity index is 1040. The van der Waals surface area contributed by atoms with Gasteiger partial charge in [0, 0.05) is 12.6 Å². The van der Waals surface area contributed by atoms with E-state index in [0.717, 1.165) is 40.2 Å². The average Bonchev–Trinajstić information content (AvgIpc) is 3.29. The zero-order valence-corrected chi connectivity index (χ0v) is 20.9. The van der Waals surface area contributed by atoms with E-state index in [9.17, 15) is 4.79 Å². The monoisotopic (exact) mass is 465 g/mol. The molecule has 0 unspecified atom stereocenters. The number of nitrogens with zero attached hydrogens (tertiary/aromatic N) is 5. The molecule has 2 heterocycles. The predicted molar refractivity (Wildman–Crippen MR) is 130 cm³/mol. The van der Waals surface area contributed by atoms with E-state index in [2.05, 4.69) is 16.9 Å². The van der Waals surface area contributed by atoms with Gasteiger partial charge in [-0.3, -0.25) is 14.4 Å². The molecule has 0 fully saturated rings. The first kappa shape index (κ1) is 25.1. The van der Waals surface area contributed by atoms with Gasteiger partial charge in [0.15, 0.2) is 5.13 Å². The summed E-state index contributed by atoms with van der Waals surface area (Å²) >= 11 is 1.54. The molecule has 7 nitrogen and oxygen atoms in total. The van der Waals surface area contributed by atoms with E-state index in [-0.39, 0.29) is 24.4 Å². The van der Waals surface area contributed by atoms with Crippen LogP contribution in [0.2, 0.25) is 0 Å². The van der Waals surface area contributed by atoms with Crippen LogP contribution in [0.3, 0.4) is 0 Å². The van der Waals surface area contributed by atoms with Crippen molar-refractivity contribution in [3.05, 3.63) is 35.2 Å². The van der Waals surface area contributed by atoms with E-state index in [1.807, 2.05) is 53.1 Å². The topological polar surface area (TPSA) is 63.5 Å². The lowest BCUT2D eigenvalue weighted by Crippen LogP contribution is -2.35. The number of anilines is 1. The van der Waals surface area contributed by atoms with Crippen LogP contribution in [0.1, 0.15) is 48.1 Å². The molecule has 170 valence electrons. The molecule has 0 atom stereocenters. The number of halogens is 1. The number of carbonyl (C=O) groups excluding carboxylic acids is 1. The van der Waals surface area contributed by atoms with E-state index in [4.69, 9.17) is 9.72 Å². The first-order valence-corrected chi connectivity index (χ1v) is 11.0. The van der Waals surface area contributed by atoms with Crippen molar-refractivity contribution in [1.82, 2.24) is 19.7 Å². The van der Waals surface area contributed by atoms with E-state index < -0.39 is 0 Å². The summed E-state index contributed by atoms with van der Waals surface area (Å²) in [6.07, 6.45) is 0.847. The Balaban J connectivity index is 0.00000341. The highest BCUT2D eigenvalue weighted by molar-refractivity contribution is 7.22. The molecule has 9 heteroatoms. The fraction of sp³-hybridized carbons (Fsp3) is 0.500. The second kappa shape index (κ2) is 10.4. The standard InChI is InChI=1S/C22H31N5O2S.ClH/c1-14(2)27-17(13-16(4)24-27)21(28)26(12-8-11-25(5)6)22-23-19-18(29-7)10-9-15(3)20(19)30-22;/h9-10,13-14H,8,11-12H2,1-7H3;1H. The number of hydrogen-bond acceptors (Lipinski definition) is 6. The minimum Gasteiger partial charge on any atom is -0.494 e. The summed E-state index contributed by atoms with van der Waals surface area (Å²) in [5.74, 6) is 0.653. The van der Waals surface area contributed by atoms with E-state index in [1.54, 1.807) is 16.7 Å². The Labute approximate surface area is 194 Å². The molecule has 31 heavy (non-hydrogen) atoms. The SMILES string of the molecule is COc1ccc(C)c2sc(N(CCCN(C)C)C(=O)c3cc(C)nn3C(C)C)nc12.Cl. The van der Waals surface area contributed by atoms with Gasteiger partial charge in [-0.1, -0.05) is 17.4 Å². The molecule has 1 amide bonds. The van der Waals surface area contributed by atoms with Crippen LogP contribution < -0.4 is 9.64 Å². The highest BCUT2D eigenvalue weighted by atomic mass is 35.5. The van der Waals surface area contributed by atoms with Crippen LogP contribution in [0.5, 0.6) is 5.75 Å². The van der Waals surface area contributed by atoms with Crippen LogP contribution >= 0.6 is 23.7 Å². The number of rotatable bonds is 8. The van der Waals surface area contributed by atoms with Gasteiger partial charge in [-0.2, -0.15) is 5.10 Å². The van der Waals surface area contributed by atoms with Gasteiger partial charge in [-0.15, -0.1) is 12.4 Å². The van der Waals surface area contributed by atoms with Crippen molar-refractivity contribution in [2.75, 3.05) is 39.2 Å². The minimum absolute atomic E-state index is 0. The van der Waals surface area contributed by atoms with Gasteiger partial charge in [0.25, 0.3) is 5.91 Å². The number of aromatic nitrogens is 3. The summed E-state index contributed by atoms with van der Waals surface area (Å²) in [7, 11) is 5.72. The number of hydrogen-bond donors (Lipinski definition) is 0. The molecule has 3 aromatic rings. The molecule has 3 rings (SSSR count). The second-order valence-corrected chi connectivity index (χ2v) is 9.06. The average molecular weight is 466 g/mol. The fourth-order valence-electron chi connectivity index (χ4n) is 3.42. The number of benzene rings is 1. The van der Waals surface area contributed by atoms with Crippen molar-refractivity contribution < 1.29 is 9.53 Å². The number of ether oxygens (including phenoxy) is 1. The van der Waals surface area contributed by atoms with Crippen molar-refractivity contribution in [3.63, 3.8) is 0 Å². The molecule has 0 radical (unpaired) electrons. The summed E-state index contributed by atoms with van der Waals surface area (Å²) < 4.78 is 8.35. The third-order valence-corrected chi connectivity index (χ3v) is 6.15. The number of fused-ring (bicyclic) bond motifs is 1. The zero-order valence-electron chi connectivity index (χ0n) is 19.3. The largest absolute Gasteiger partial charge is 0.494 e. The molecule has 1 aromatic carbocycles. The zero-order chi connectivity index (χ0) is 22.0. The molecule has 0 saturated heterocycles. The van der Waals surface area contributed by atoms with Crippen molar-refractivity contribution >= 4 is 45.0 Å². The molecule has 0 spiro atoms. The van der Waals surface area contributed by atoms with Crippen molar-refractivity contribution in [3.8, 4) is 5.75 Å². The Hall–Kier alpha value is -2.16. The van der Waals surface area contributed by atoms with Gasteiger partial charge >= 0.3 is 0 Å². The molecule has 0 aliphatic carbocycles. The number of thiazole rings is 1. The van der Waals surface area contributed by atoms with Crippen LogP contribution in [0.4, 0.5) is 5.13 Å². The number of aryl methyl sites for hydroxylation is 2. The molecule has 0 aliphatic heterocycles. The predicted octanol–water partition coefficient (Wildman–Crippen LogP) is 4.72. The highest BCUT2D eigenvalue weighted by Gasteiger charge is 2.26. The Morgan fingerprint density at radius 1 is 1.23 bits per heavy atom. The minimum atomic E-state index is -0.0706. The molecule has 0 saturated carbocycles. The Morgan fingerprint density at radius 2 is 1.94 bits per heavy atom. The van der Waals surface area contributed by atoms with Crippen molar-refractivity contribution in [2.45, 2.75) is 40.2 Å². The van der Waals surface area contributed by atoms with Gasteiger partial charge in [0.1, 0.15) is 17.0 Å². The third kappa shape index (κ3) is 5.37. The summed E-state index contributed by atoms with van der Waals surface area (Å²) in [5, 5.41) is 5.21.